The van der Waals surface area contributed by atoms with E-state index in [4.69, 9.17) is 17.0 Å². The van der Waals surface area contributed by atoms with Gasteiger partial charge in [0, 0.05) is 12.2 Å². The lowest BCUT2D eigenvalue weighted by molar-refractivity contribution is 0.412. The lowest BCUT2D eigenvalue weighted by Crippen LogP contribution is -2.28. The Morgan fingerprint density at radius 2 is 2.25 bits per heavy atom. The molecule has 0 radical (unpaired) electrons. The number of nitrogens with one attached hydrogen (secondary N) is 2. The van der Waals surface area contributed by atoms with Gasteiger partial charge in [-0.2, -0.15) is 0 Å². The molecule has 0 aliphatic carbocycles. The highest BCUT2D eigenvalue weighted by molar-refractivity contribution is 9.10. The minimum absolute atomic E-state index is 0.638. The molecule has 5 heteroatoms. The second-order valence-corrected chi connectivity index (χ2v) is 4.49. The Labute approximate surface area is 110 Å². The van der Waals surface area contributed by atoms with Crippen molar-refractivity contribution >= 4 is 38.9 Å². The zero-order valence-corrected chi connectivity index (χ0v) is 11.7. The third-order valence-electron chi connectivity index (χ3n) is 1.95. The number of hydrogen-bond donors (Lipinski definition) is 2. The van der Waals surface area contributed by atoms with E-state index in [-0.39, 0.29) is 0 Å². The molecule has 1 aromatic carbocycles. The topological polar surface area (TPSA) is 33.3 Å². The van der Waals surface area contributed by atoms with Crippen molar-refractivity contribution in [1.82, 2.24) is 5.32 Å². The van der Waals surface area contributed by atoms with Gasteiger partial charge in [-0.1, -0.05) is 6.92 Å². The average molecular weight is 303 g/mol. The van der Waals surface area contributed by atoms with E-state index in [0.717, 1.165) is 28.9 Å². The molecule has 1 rings (SSSR count). The van der Waals surface area contributed by atoms with Gasteiger partial charge in [0.2, 0.25) is 0 Å². The van der Waals surface area contributed by atoms with Crippen LogP contribution in [0, 0.1) is 0 Å². The van der Waals surface area contributed by atoms with E-state index >= 15 is 0 Å². The molecule has 0 aromatic heterocycles. The lowest BCUT2D eigenvalue weighted by Gasteiger charge is -2.11. The van der Waals surface area contributed by atoms with Crippen LogP contribution in [-0.2, 0) is 0 Å². The van der Waals surface area contributed by atoms with Gasteiger partial charge in [0.05, 0.1) is 11.6 Å². The Kier molecular flexibility index (Phi) is 5.55. The Balaban J connectivity index is 2.61. The normalized spacial score (nSPS) is 9.69. The van der Waals surface area contributed by atoms with Crippen LogP contribution in [0.15, 0.2) is 22.7 Å². The predicted molar refractivity (Wildman–Crippen MR) is 75.2 cm³/mol. The summed E-state index contributed by atoms with van der Waals surface area (Å²) in [6.45, 7) is 2.97. The van der Waals surface area contributed by atoms with Gasteiger partial charge in [-0.25, -0.2) is 0 Å². The zero-order valence-electron chi connectivity index (χ0n) is 9.34. The van der Waals surface area contributed by atoms with Crippen LogP contribution in [0.3, 0.4) is 0 Å². The van der Waals surface area contributed by atoms with Gasteiger partial charge in [0.25, 0.3) is 0 Å². The smallest absolute Gasteiger partial charge is 0.170 e. The summed E-state index contributed by atoms with van der Waals surface area (Å²) in [5, 5.41) is 6.84. The first-order chi connectivity index (χ1) is 7.67. The molecule has 16 heavy (non-hydrogen) atoms. The Morgan fingerprint density at radius 3 is 2.81 bits per heavy atom. The van der Waals surface area contributed by atoms with Gasteiger partial charge in [0.15, 0.2) is 5.11 Å². The lowest BCUT2D eigenvalue weighted by atomic mass is 10.3. The van der Waals surface area contributed by atoms with Crippen molar-refractivity contribution in [1.29, 1.82) is 0 Å². The zero-order chi connectivity index (χ0) is 12.0. The molecule has 0 atom stereocenters. The van der Waals surface area contributed by atoms with Crippen molar-refractivity contribution in [2.45, 2.75) is 13.3 Å². The molecular weight excluding hydrogens is 288 g/mol. The number of anilines is 1. The van der Waals surface area contributed by atoms with Crippen LogP contribution >= 0.6 is 28.1 Å². The molecule has 0 amide bonds. The summed E-state index contributed by atoms with van der Waals surface area (Å²) in [6.07, 6.45) is 1.05. The predicted octanol–water partition coefficient (Wildman–Crippen LogP) is 3.15. The molecule has 0 bridgehead atoms. The van der Waals surface area contributed by atoms with Crippen LogP contribution in [0.5, 0.6) is 5.75 Å². The minimum Gasteiger partial charge on any atom is -0.496 e. The maximum atomic E-state index is 5.15. The van der Waals surface area contributed by atoms with E-state index in [1.54, 1.807) is 7.11 Å². The molecule has 88 valence electrons. The van der Waals surface area contributed by atoms with Gasteiger partial charge >= 0.3 is 0 Å². The minimum atomic E-state index is 0.638. The van der Waals surface area contributed by atoms with Gasteiger partial charge < -0.3 is 15.4 Å². The number of halogens is 1. The van der Waals surface area contributed by atoms with Crippen LogP contribution in [0.25, 0.3) is 0 Å². The van der Waals surface area contributed by atoms with Gasteiger partial charge in [-0.3, -0.25) is 0 Å². The Bertz CT molecular complexity index is 371. The first kappa shape index (κ1) is 13.3. The molecule has 0 spiro atoms. The molecule has 3 nitrogen and oxygen atoms in total. The number of rotatable bonds is 4. The fraction of sp³-hybridized carbons (Fsp3) is 0.364. The van der Waals surface area contributed by atoms with Crippen molar-refractivity contribution in [3.8, 4) is 5.75 Å². The van der Waals surface area contributed by atoms with Crippen LogP contribution in [0.4, 0.5) is 5.69 Å². The monoisotopic (exact) mass is 302 g/mol. The van der Waals surface area contributed by atoms with Gasteiger partial charge in [0.1, 0.15) is 5.75 Å². The highest BCUT2D eigenvalue weighted by atomic mass is 79.9. The fourth-order valence-corrected chi connectivity index (χ4v) is 1.92. The molecule has 0 saturated heterocycles. The van der Waals surface area contributed by atoms with Gasteiger partial charge in [-0.15, -0.1) is 0 Å². The van der Waals surface area contributed by atoms with Crippen molar-refractivity contribution in [2.24, 2.45) is 0 Å². The second kappa shape index (κ2) is 6.70. The van der Waals surface area contributed by atoms with E-state index < -0.39 is 0 Å². The van der Waals surface area contributed by atoms with Crippen LogP contribution in [0.2, 0.25) is 0 Å². The first-order valence-corrected chi connectivity index (χ1v) is 6.26. The number of benzene rings is 1. The molecule has 0 heterocycles. The maximum Gasteiger partial charge on any atom is 0.170 e. The number of methoxy groups -OCH3 is 1. The summed E-state index contributed by atoms with van der Waals surface area (Å²) in [4.78, 5) is 0. The number of hydrogen-bond acceptors (Lipinski definition) is 2. The quantitative estimate of drug-likeness (QED) is 0.837. The van der Waals surface area contributed by atoms with Crippen molar-refractivity contribution in [3.63, 3.8) is 0 Å². The van der Waals surface area contributed by atoms with E-state index in [2.05, 4.69) is 33.5 Å². The number of thiocarbonyl (C=S) groups is 1. The van der Waals surface area contributed by atoms with E-state index in [1.165, 1.54) is 0 Å². The van der Waals surface area contributed by atoms with E-state index in [1.807, 2.05) is 18.2 Å². The van der Waals surface area contributed by atoms with Crippen LogP contribution in [-0.4, -0.2) is 18.8 Å². The molecular formula is C11H15BrN2OS. The summed E-state index contributed by atoms with van der Waals surface area (Å²) < 4.78 is 6.05. The SMILES string of the molecule is CCCNC(=S)Nc1ccc(OC)c(Br)c1. The average Bonchev–Trinajstić information content (AvgIpc) is 2.26. The summed E-state index contributed by atoms with van der Waals surface area (Å²) in [5.41, 5.74) is 0.932. The fourth-order valence-electron chi connectivity index (χ4n) is 1.16. The molecule has 1 aromatic rings. The summed E-state index contributed by atoms with van der Waals surface area (Å²) in [5.74, 6) is 0.804. The van der Waals surface area contributed by atoms with Crippen LogP contribution < -0.4 is 15.4 Å². The highest BCUT2D eigenvalue weighted by Crippen LogP contribution is 2.27. The molecule has 0 unspecified atom stereocenters. The molecule has 0 aliphatic heterocycles. The van der Waals surface area contributed by atoms with E-state index in [0.29, 0.717) is 5.11 Å². The number of ether oxygens (including phenoxy) is 1. The Hall–Kier alpha value is -0.810. The standard InChI is InChI=1S/C11H15BrN2OS/c1-3-6-13-11(16)14-8-4-5-10(15-2)9(12)7-8/h4-5,7H,3,6H2,1-2H3,(H2,13,14,16). The van der Waals surface area contributed by atoms with Crippen molar-refractivity contribution in [2.75, 3.05) is 19.0 Å². The third-order valence-corrected chi connectivity index (χ3v) is 2.81. The molecule has 2 N–H and O–H groups in total. The Morgan fingerprint density at radius 1 is 1.50 bits per heavy atom. The summed E-state index contributed by atoms with van der Waals surface area (Å²) in [7, 11) is 1.64. The highest BCUT2D eigenvalue weighted by Gasteiger charge is 2.02. The maximum absolute atomic E-state index is 5.15. The summed E-state index contributed by atoms with van der Waals surface area (Å²) in [6, 6.07) is 5.73. The first-order valence-electron chi connectivity index (χ1n) is 5.05. The van der Waals surface area contributed by atoms with Crippen molar-refractivity contribution < 1.29 is 4.74 Å². The molecule has 0 aliphatic rings. The van der Waals surface area contributed by atoms with Gasteiger partial charge in [-0.05, 0) is 52.8 Å². The third kappa shape index (κ3) is 3.98. The van der Waals surface area contributed by atoms with E-state index in [9.17, 15) is 0 Å². The largest absolute Gasteiger partial charge is 0.496 e. The van der Waals surface area contributed by atoms with Crippen LogP contribution in [0.1, 0.15) is 13.3 Å². The molecule has 0 saturated carbocycles. The summed E-state index contributed by atoms with van der Waals surface area (Å²) >= 11 is 8.56. The van der Waals surface area contributed by atoms with Crippen molar-refractivity contribution in [3.05, 3.63) is 22.7 Å². The molecule has 0 fully saturated rings. The second-order valence-electron chi connectivity index (χ2n) is 3.23.